The summed E-state index contributed by atoms with van der Waals surface area (Å²) in [5, 5.41) is 3.35. The monoisotopic (exact) mass is 376 g/mol. The topological polar surface area (TPSA) is 60.0 Å². The Morgan fingerprint density at radius 2 is 1.88 bits per heavy atom. The van der Waals surface area contributed by atoms with Crippen molar-refractivity contribution in [2.75, 3.05) is 50.7 Å². The lowest BCUT2D eigenvalue weighted by Crippen LogP contribution is -2.36. The predicted octanol–water partition coefficient (Wildman–Crippen LogP) is 3.45. The number of nitrogens with one attached hydrogen (secondary N) is 1. The Labute approximate surface area is 157 Å². The fraction of sp³-hybridized carbons (Fsp3) is 0.316. The zero-order chi connectivity index (χ0) is 18.5. The largest absolute Gasteiger partial charge is 0.497 e. The summed E-state index contributed by atoms with van der Waals surface area (Å²) < 4.78 is 15.8. The van der Waals surface area contributed by atoms with Gasteiger partial charge in [0.2, 0.25) is 0 Å². The van der Waals surface area contributed by atoms with Gasteiger partial charge in [0.15, 0.2) is 0 Å². The quantitative estimate of drug-likeness (QED) is 0.866. The van der Waals surface area contributed by atoms with Crippen LogP contribution in [-0.2, 0) is 4.74 Å². The van der Waals surface area contributed by atoms with Crippen molar-refractivity contribution in [3.63, 3.8) is 0 Å². The highest BCUT2D eigenvalue weighted by atomic mass is 35.5. The number of carbonyl (C=O) groups is 1. The summed E-state index contributed by atoms with van der Waals surface area (Å²) in [6, 6.07) is 10.6. The summed E-state index contributed by atoms with van der Waals surface area (Å²) >= 11 is 6.13. The van der Waals surface area contributed by atoms with E-state index in [0.29, 0.717) is 41.0 Å². The molecule has 0 aromatic heterocycles. The molecule has 0 saturated carbocycles. The fourth-order valence-corrected chi connectivity index (χ4v) is 3.08. The highest BCUT2D eigenvalue weighted by molar-refractivity contribution is 6.32. The van der Waals surface area contributed by atoms with E-state index in [4.69, 9.17) is 25.8 Å². The smallest absolute Gasteiger partial charge is 0.255 e. The molecular formula is C19H21ClN2O4. The Bertz CT molecular complexity index is 791. The number of nitrogens with zero attached hydrogens (tertiary/aromatic N) is 1. The van der Waals surface area contributed by atoms with Crippen LogP contribution in [0.5, 0.6) is 11.5 Å². The maximum Gasteiger partial charge on any atom is 0.255 e. The summed E-state index contributed by atoms with van der Waals surface area (Å²) in [7, 11) is 3.13. The van der Waals surface area contributed by atoms with E-state index in [-0.39, 0.29) is 5.91 Å². The van der Waals surface area contributed by atoms with Gasteiger partial charge in [0.25, 0.3) is 5.91 Å². The van der Waals surface area contributed by atoms with Gasteiger partial charge in [-0.3, -0.25) is 4.79 Å². The first-order valence-electron chi connectivity index (χ1n) is 8.28. The standard InChI is InChI=1S/C19H21ClN2O4/c1-24-14-4-5-17(22-7-9-26-10-8-22)16(12-14)21-19(23)13-3-6-18(25-2)15(20)11-13/h3-6,11-12H,7-10H2,1-2H3,(H,21,23). The van der Waals surface area contributed by atoms with Gasteiger partial charge in [-0.1, -0.05) is 11.6 Å². The zero-order valence-corrected chi connectivity index (χ0v) is 15.5. The number of methoxy groups -OCH3 is 2. The second-order valence-corrected chi connectivity index (χ2v) is 6.19. The van der Waals surface area contributed by atoms with E-state index in [1.807, 2.05) is 18.2 Å². The number of morpholine rings is 1. The van der Waals surface area contributed by atoms with Crippen LogP contribution in [0.4, 0.5) is 11.4 Å². The number of hydrogen-bond acceptors (Lipinski definition) is 5. The molecule has 7 heteroatoms. The molecule has 26 heavy (non-hydrogen) atoms. The molecule has 1 amide bonds. The molecule has 0 aliphatic carbocycles. The lowest BCUT2D eigenvalue weighted by Gasteiger charge is -2.30. The molecule has 3 rings (SSSR count). The molecule has 138 valence electrons. The molecule has 2 aromatic rings. The number of halogens is 1. The van der Waals surface area contributed by atoms with Gasteiger partial charge in [-0.25, -0.2) is 0 Å². The molecule has 0 unspecified atom stereocenters. The number of rotatable bonds is 5. The highest BCUT2D eigenvalue weighted by Gasteiger charge is 2.18. The fourth-order valence-electron chi connectivity index (χ4n) is 2.82. The first kappa shape index (κ1) is 18.4. The normalized spacial score (nSPS) is 14.0. The summed E-state index contributed by atoms with van der Waals surface area (Å²) in [6.07, 6.45) is 0. The molecule has 6 nitrogen and oxygen atoms in total. The van der Waals surface area contributed by atoms with Gasteiger partial charge in [-0.15, -0.1) is 0 Å². The molecule has 1 fully saturated rings. The zero-order valence-electron chi connectivity index (χ0n) is 14.8. The van der Waals surface area contributed by atoms with E-state index in [2.05, 4.69) is 10.2 Å². The number of anilines is 2. The maximum absolute atomic E-state index is 12.7. The number of benzene rings is 2. The minimum Gasteiger partial charge on any atom is -0.497 e. The van der Waals surface area contributed by atoms with E-state index < -0.39 is 0 Å². The molecule has 1 N–H and O–H groups in total. The molecule has 1 saturated heterocycles. The third kappa shape index (κ3) is 4.03. The van der Waals surface area contributed by atoms with Crippen LogP contribution in [0.3, 0.4) is 0 Å². The van der Waals surface area contributed by atoms with E-state index in [1.54, 1.807) is 25.3 Å². The van der Waals surface area contributed by atoms with Crippen molar-refractivity contribution < 1.29 is 19.0 Å². The van der Waals surface area contributed by atoms with E-state index in [0.717, 1.165) is 18.8 Å². The first-order chi connectivity index (χ1) is 12.6. The van der Waals surface area contributed by atoms with Crippen molar-refractivity contribution in [3.05, 3.63) is 47.0 Å². The van der Waals surface area contributed by atoms with Gasteiger partial charge < -0.3 is 24.4 Å². The van der Waals surface area contributed by atoms with Crippen molar-refractivity contribution in [3.8, 4) is 11.5 Å². The van der Waals surface area contributed by atoms with Crippen molar-refractivity contribution in [1.29, 1.82) is 0 Å². The van der Waals surface area contributed by atoms with Gasteiger partial charge >= 0.3 is 0 Å². The number of ether oxygens (including phenoxy) is 3. The third-order valence-electron chi connectivity index (χ3n) is 4.22. The lowest BCUT2D eigenvalue weighted by atomic mass is 10.1. The summed E-state index contributed by atoms with van der Waals surface area (Å²) in [6.45, 7) is 2.86. The Morgan fingerprint density at radius 1 is 1.12 bits per heavy atom. The summed E-state index contributed by atoms with van der Waals surface area (Å²) in [4.78, 5) is 14.9. The third-order valence-corrected chi connectivity index (χ3v) is 4.51. The molecule has 0 spiro atoms. The summed E-state index contributed by atoms with van der Waals surface area (Å²) in [5.74, 6) is 0.945. The average Bonchev–Trinajstić information content (AvgIpc) is 2.68. The Balaban J connectivity index is 1.87. The minimum absolute atomic E-state index is 0.252. The van der Waals surface area contributed by atoms with Gasteiger partial charge in [0.1, 0.15) is 11.5 Å². The van der Waals surface area contributed by atoms with Crippen molar-refractivity contribution in [2.45, 2.75) is 0 Å². The Hall–Kier alpha value is -2.44. The molecule has 0 atom stereocenters. The SMILES string of the molecule is COc1ccc(N2CCOCC2)c(NC(=O)c2ccc(OC)c(Cl)c2)c1. The lowest BCUT2D eigenvalue weighted by molar-refractivity contribution is 0.102. The minimum atomic E-state index is -0.252. The van der Waals surface area contributed by atoms with Crippen LogP contribution < -0.4 is 19.7 Å². The van der Waals surface area contributed by atoms with Crippen LogP contribution in [0.1, 0.15) is 10.4 Å². The second kappa shape index (κ2) is 8.29. The molecule has 1 aliphatic rings. The van der Waals surface area contributed by atoms with E-state index in [9.17, 15) is 4.79 Å². The first-order valence-corrected chi connectivity index (χ1v) is 8.66. The average molecular weight is 377 g/mol. The van der Waals surface area contributed by atoms with Crippen LogP contribution in [0.15, 0.2) is 36.4 Å². The molecular weight excluding hydrogens is 356 g/mol. The van der Waals surface area contributed by atoms with E-state index >= 15 is 0 Å². The molecule has 0 radical (unpaired) electrons. The van der Waals surface area contributed by atoms with Crippen LogP contribution in [-0.4, -0.2) is 46.4 Å². The van der Waals surface area contributed by atoms with Crippen molar-refractivity contribution >= 4 is 28.9 Å². The molecule has 1 heterocycles. The Kier molecular flexibility index (Phi) is 5.85. The molecule has 1 aliphatic heterocycles. The second-order valence-electron chi connectivity index (χ2n) is 5.79. The number of amides is 1. The van der Waals surface area contributed by atoms with Crippen molar-refractivity contribution in [1.82, 2.24) is 0 Å². The summed E-state index contributed by atoms with van der Waals surface area (Å²) in [5.41, 5.74) is 2.07. The molecule has 0 bridgehead atoms. The van der Waals surface area contributed by atoms with Crippen LogP contribution >= 0.6 is 11.6 Å². The highest BCUT2D eigenvalue weighted by Crippen LogP contribution is 2.32. The molecule has 2 aromatic carbocycles. The predicted molar refractivity (Wildman–Crippen MR) is 102 cm³/mol. The van der Waals surface area contributed by atoms with Crippen LogP contribution in [0, 0.1) is 0 Å². The van der Waals surface area contributed by atoms with Crippen molar-refractivity contribution in [2.24, 2.45) is 0 Å². The van der Waals surface area contributed by atoms with Gasteiger partial charge in [-0.2, -0.15) is 0 Å². The Morgan fingerprint density at radius 3 is 2.54 bits per heavy atom. The maximum atomic E-state index is 12.7. The van der Waals surface area contributed by atoms with E-state index in [1.165, 1.54) is 7.11 Å². The van der Waals surface area contributed by atoms with Gasteiger partial charge in [0, 0.05) is 24.7 Å². The van der Waals surface area contributed by atoms with Crippen LogP contribution in [0.25, 0.3) is 0 Å². The number of carbonyl (C=O) groups excluding carboxylic acids is 1. The van der Waals surface area contributed by atoms with Gasteiger partial charge in [0.05, 0.1) is 43.8 Å². The van der Waals surface area contributed by atoms with Crippen LogP contribution in [0.2, 0.25) is 5.02 Å². The van der Waals surface area contributed by atoms with Gasteiger partial charge in [-0.05, 0) is 30.3 Å². The number of hydrogen-bond donors (Lipinski definition) is 1.